The van der Waals surface area contributed by atoms with Crippen LogP contribution in [0.15, 0.2) is 30.3 Å². The Bertz CT molecular complexity index is 789. The molecule has 1 spiro atoms. The van der Waals surface area contributed by atoms with E-state index in [0.29, 0.717) is 19.4 Å². The van der Waals surface area contributed by atoms with Gasteiger partial charge in [0.1, 0.15) is 12.1 Å². The summed E-state index contributed by atoms with van der Waals surface area (Å²) in [7, 11) is 1.61. The van der Waals surface area contributed by atoms with Gasteiger partial charge in [-0.05, 0) is 25.3 Å². The molecule has 1 aromatic rings. The van der Waals surface area contributed by atoms with Gasteiger partial charge < -0.3 is 15.0 Å². The lowest BCUT2D eigenvalue weighted by Crippen LogP contribution is -2.49. The van der Waals surface area contributed by atoms with Crippen LogP contribution >= 0.6 is 0 Å². The molecule has 0 bridgehead atoms. The summed E-state index contributed by atoms with van der Waals surface area (Å²) in [6, 6.07) is 8.87. The predicted molar refractivity (Wildman–Crippen MR) is 105 cm³/mol. The summed E-state index contributed by atoms with van der Waals surface area (Å²) in [5, 5.41) is 2.70. The van der Waals surface area contributed by atoms with Crippen molar-refractivity contribution in [1.82, 2.24) is 15.1 Å². The fourth-order valence-corrected chi connectivity index (χ4v) is 4.02. The maximum atomic E-state index is 12.9. The Balaban J connectivity index is 1.53. The molecule has 1 aromatic carbocycles. The van der Waals surface area contributed by atoms with Gasteiger partial charge in [-0.2, -0.15) is 0 Å². The number of urea groups is 1. The van der Waals surface area contributed by atoms with Gasteiger partial charge >= 0.3 is 12.0 Å². The summed E-state index contributed by atoms with van der Waals surface area (Å²) in [6.07, 6.45) is 2.98. The minimum atomic E-state index is -1.03. The average Bonchev–Trinajstić information content (AvgIpc) is 2.89. The molecular formula is C21H27N3O5. The van der Waals surface area contributed by atoms with Crippen molar-refractivity contribution in [2.24, 2.45) is 0 Å². The first-order valence-electron chi connectivity index (χ1n) is 9.96. The Morgan fingerprint density at radius 3 is 2.45 bits per heavy atom. The third-order valence-corrected chi connectivity index (χ3v) is 5.76. The predicted octanol–water partition coefficient (Wildman–Crippen LogP) is 1.83. The van der Waals surface area contributed by atoms with Crippen molar-refractivity contribution < 1.29 is 23.9 Å². The van der Waals surface area contributed by atoms with Gasteiger partial charge in [-0.3, -0.25) is 19.3 Å². The lowest BCUT2D eigenvalue weighted by Gasteiger charge is -2.35. The van der Waals surface area contributed by atoms with Crippen LogP contribution in [0.1, 0.15) is 44.6 Å². The number of amides is 4. The summed E-state index contributed by atoms with van der Waals surface area (Å²) in [4.78, 5) is 52.3. The molecule has 1 unspecified atom stereocenters. The molecule has 1 aliphatic carbocycles. The van der Waals surface area contributed by atoms with E-state index in [2.05, 4.69) is 5.32 Å². The van der Waals surface area contributed by atoms with Crippen molar-refractivity contribution in [3.05, 3.63) is 35.9 Å². The Kier molecular flexibility index (Phi) is 6.20. The Morgan fingerprint density at radius 2 is 1.79 bits per heavy atom. The van der Waals surface area contributed by atoms with Crippen LogP contribution < -0.4 is 5.32 Å². The van der Waals surface area contributed by atoms with Gasteiger partial charge in [0.2, 0.25) is 0 Å². The largest absolute Gasteiger partial charge is 0.451 e. The lowest BCUT2D eigenvalue weighted by atomic mass is 9.81. The molecule has 3 rings (SSSR count). The Hall–Kier alpha value is -2.90. The van der Waals surface area contributed by atoms with Crippen molar-refractivity contribution in [3.63, 3.8) is 0 Å². The number of ether oxygens (including phenoxy) is 1. The average molecular weight is 401 g/mol. The molecule has 4 amide bonds. The molecule has 1 aliphatic heterocycles. The fourth-order valence-electron chi connectivity index (χ4n) is 4.02. The number of esters is 1. The Labute approximate surface area is 170 Å². The second-order valence-corrected chi connectivity index (χ2v) is 7.66. The zero-order valence-electron chi connectivity index (χ0n) is 16.8. The van der Waals surface area contributed by atoms with Crippen LogP contribution in [0.4, 0.5) is 4.79 Å². The third kappa shape index (κ3) is 4.26. The quantitative estimate of drug-likeness (QED) is 0.580. The molecule has 1 saturated heterocycles. The van der Waals surface area contributed by atoms with Crippen molar-refractivity contribution >= 4 is 23.8 Å². The zero-order valence-corrected chi connectivity index (χ0v) is 16.8. The molecule has 0 radical (unpaired) electrons. The molecule has 1 heterocycles. The molecule has 8 nitrogen and oxygen atoms in total. The zero-order chi connectivity index (χ0) is 21.0. The molecule has 1 saturated carbocycles. The van der Waals surface area contributed by atoms with E-state index in [1.807, 2.05) is 30.3 Å². The molecule has 1 atom stereocenters. The van der Waals surface area contributed by atoms with E-state index < -0.39 is 36.1 Å². The van der Waals surface area contributed by atoms with Crippen LogP contribution in [0.2, 0.25) is 0 Å². The standard InChI is InChI=1S/C21H27N3O5/c1-15(18(26)22-13-16-9-5-3-6-10-16)29-17(25)14-24-19(27)21(23(2)20(24)28)11-7-4-8-12-21/h3,5-6,9-10,15H,4,7-8,11-14H2,1-2H3,(H,22,26). The second-order valence-electron chi connectivity index (χ2n) is 7.66. The van der Waals surface area contributed by atoms with E-state index in [1.165, 1.54) is 11.8 Å². The van der Waals surface area contributed by atoms with Crippen LogP contribution in [0.3, 0.4) is 0 Å². The first-order valence-corrected chi connectivity index (χ1v) is 9.96. The SMILES string of the molecule is CC(OC(=O)CN1C(=O)N(C)C2(CCCCC2)C1=O)C(=O)NCc1ccccc1. The van der Waals surface area contributed by atoms with Gasteiger partial charge in [0.05, 0.1) is 0 Å². The minimum absolute atomic E-state index is 0.317. The fraction of sp³-hybridized carbons (Fsp3) is 0.524. The van der Waals surface area contributed by atoms with Gasteiger partial charge in [-0.15, -0.1) is 0 Å². The highest BCUT2D eigenvalue weighted by Gasteiger charge is 2.56. The molecule has 8 heteroatoms. The van der Waals surface area contributed by atoms with Crippen molar-refractivity contribution in [2.45, 2.75) is 57.2 Å². The van der Waals surface area contributed by atoms with Gasteiger partial charge in [-0.1, -0.05) is 49.6 Å². The van der Waals surface area contributed by atoms with Crippen molar-refractivity contribution in [3.8, 4) is 0 Å². The monoisotopic (exact) mass is 401 g/mol. The van der Waals surface area contributed by atoms with E-state index >= 15 is 0 Å². The molecule has 0 aromatic heterocycles. The van der Waals surface area contributed by atoms with Crippen LogP contribution in [0.25, 0.3) is 0 Å². The number of imide groups is 1. The summed E-state index contributed by atoms with van der Waals surface area (Å²) < 4.78 is 5.15. The topological polar surface area (TPSA) is 96.0 Å². The van der Waals surface area contributed by atoms with E-state index in [1.54, 1.807) is 7.05 Å². The highest BCUT2D eigenvalue weighted by molar-refractivity contribution is 6.08. The molecular weight excluding hydrogens is 374 g/mol. The number of carbonyl (C=O) groups is 4. The van der Waals surface area contributed by atoms with Gasteiger partial charge in [0, 0.05) is 13.6 Å². The van der Waals surface area contributed by atoms with Gasteiger partial charge in [0.15, 0.2) is 6.10 Å². The highest BCUT2D eigenvalue weighted by Crippen LogP contribution is 2.39. The number of hydrogen-bond acceptors (Lipinski definition) is 5. The number of carbonyl (C=O) groups excluding carboxylic acids is 4. The molecule has 2 aliphatic rings. The smallest absolute Gasteiger partial charge is 0.327 e. The number of hydrogen-bond donors (Lipinski definition) is 1. The Morgan fingerprint density at radius 1 is 1.14 bits per heavy atom. The normalized spacial score (nSPS) is 19.4. The number of nitrogens with one attached hydrogen (secondary N) is 1. The van der Waals surface area contributed by atoms with Crippen LogP contribution in [-0.4, -0.2) is 58.8 Å². The van der Waals surface area contributed by atoms with E-state index in [-0.39, 0.29) is 5.91 Å². The number of nitrogens with zero attached hydrogens (tertiary/aromatic N) is 2. The third-order valence-electron chi connectivity index (χ3n) is 5.76. The molecule has 2 fully saturated rings. The van der Waals surface area contributed by atoms with E-state index in [4.69, 9.17) is 4.74 Å². The van der Waals surface area contributed by atoms with Crippen molar-refractivity contribution in [1.29, 1.82) is 0 Å². The van der Waals surface area contributed by atoms with Crippen LogP contribution in [0, 0.1) is 0 Å². The number of benzene rings is 1. The summed E-state index contributed by atoms with van der Waals surface area (Å²) in [6.45, 7) is 1.29. The number of rotatable bonds is 6. The summed E-state index contributed by atoms with van der Waals surface area (Å²) in [5.74, 6) is -1.57. The summed E-state index contributed by atoms with van der Waals surface area (Å²) in [5.41, 5.74) is 0.0855. The van der Waals surface area contributed by atoms with Gasteiger partial charge in [0.25, 0.3) is 11.8 Å². The highest BCUT2D eigenvalue weighted by atomic mass is 16.5. The maximum absolute atomic E-state index is 12.9. The minimum Gasteiger partial charge on any atom is -0.451 e. The van der Waals surface area contributed by atoms with Crippen LogP contribution in [0.5, 0.6) is 0 Å². The molecule has 156 valence electrons. The summed E-state index contributed by atoms with van der Waals surface area (Å²) >= 11 is 0. The number of likely N-dealkylation sites (N-methyl/N-ethyl adjacent to an activating group) is 1. The van der Waals surface area contributed by atoms with Gasteiger partial charge in [-0.25, -0.2) is 4.79 Å². The second kappa shape index (κ2) is 8.63. The van der Waals surface area contributed by atoms with Crippen LogP contribution in [-0.2, 0) is 25.7 Å². The van der Waals surface area contributed by atoms with E-state index in [9.17, 15) is 19.2 Å². The lowest BCUT2D eigenvalue weighted by molar-refractivity contribution is -0.156. The molecule has 1 N–H and O–H groups in total. The maximum Gasteiger partial charge on any atom is 0.327 e. The van der Waals surface area contributed by atoms with Crippen molar-refractivity contribution in [2.75, 3.05) is 13.6 Å². The van der Waals surface area contributed by atoms with E-state index in [0.717, 1.165) is 29.7 Å². The molecule has 29 heavy (non-hydrogen) atoms. The first kappa shape index (κ1) is 20.8. The first-order chi connectivity index (χ1) is 13.8.